The summed E-state index contributed by atoms with van der Waals surface area (Å²) >= 11 is 0. The van der Waals surface area contributed by atoms with E-state index in [-0.39, 0.29) is 25.7 Å². The van der Waals surface area contributed by atoms with E-state index in [0.717, 1.165) is 115 Å². The highest BCUT2D eigenvalue weighted by Gasteiger charge is 2.30. The van der Waals surface area contributed by atoms with E-state index in [2.05, 4.69) is 41.5 Å². The predicted octanol–water partition coefficient (Wildman–Crippen LogP) is 20.0. The molecule has 0 heterocycles. The smallest absolute Gasteiger partial charge is 0.462 e. The van der Waals surface area contributed by atoms with Gasteiger partial charge in [0.2, 0.25) is 0 Å². The van der Waals surface area contributed by atoms with Crippen LogP contribution in [0.4, 0.5) is 0 Å². The van der Waals surface area contributed by atoms with Crippen LogP contribution >= 0.6 is 15.6 Å². The third kappa shape index (κ3) is 63.2. The van der Waals surface area contributed by atoms with Gasteiger partial charge >= 0.3 is 39.5 Å². The summed E-state index contributed by atoms with van der Waals surface area (Å²) in [5.74, 6) is -0.653. The van der Waals surface area contributed by atoms with Crippen molar-refractivity contribution in [1.82, 2.24) is 0 Å². The van der Waals surface area contributed by atoms with Crippen molar-refractivity contribution in [3.8, 4) is 0 Å². The molecule has 0 fully saturated rings. The lowest BCUT2D eigenvalue weighted by Gasteiger charge is -2.21. The number of phosphoric acid groups is 2. The lowest BCUT2D eigenvalue weighted by Crippen LogP contribution is -2.30. The fourth-order valence-corrected chi connectivity index (χ4v) is 12.1. The molecule has 3 N–H and O–H groups in total. The van der Waals surface area contributed by atoms with Gasteiger partial charge in [-0.3, -0.25) is 37.3 Å². The third-order valence-electron chi connectivity index (χ3n) is 16.6. The van der Waals surface area contributed by atoms with Gasteiger partial charge in [-0.15, -0.1) is 0 Å². The first-order valence-corrected chi connectivity index (χ1v) is 39.5. The summed E-state index contributed by atoms with van der Waals surface area (Å²) in [6.45, 7) is 9.45. The molecule has 528 valence electrons. The van der Waals surface area contributed by atoms with Crippen LogP contribution in [0.25, 0.3) is 0 Å². The second-order valence-electron chi connectivity index (χ2n) is 26.0. The molecule has 17 nitrogen and oxygen atoms in total. The van der Waals surface area contributed by atoms with Gasteiger partial charge in [0.25, 0.3) is 0 Å². The van der Waals surface area contributed by atoms with Crippen molar-refractivity contribution >= 4 is 39.5 Å². The minimum absolute atomic E-state index is 0.103. The van der Waals surface area contributed by atoms with Crippen LogP contribution in [-0.2, 0) is 65.4 Å². The van der Waals surface area contributed by atoms with Gasteiger partial charge in [0, 0.05) is 25.7 Å². The number of carbonyl (C=O) groups is 4. The SMILES string of the molecule is CCCCCCCCCCCCCCCCCCCCCC(=O)O[C@H](COC(=O)CCCCCCCCCCCCC(C)C)COP(=O)(O)OC[C@@H](O)COP(=O)(O)OC[C@@H](COC(=O)CCCCCCCCC)OC(=O)CCCCCCCCC(C)CC. The van der Waals surface area contributed by atoms with Crippen LogP contribution in [0.3, 0.4) is 0 Å². The van der Waals surface area contributed by atoms with E-state index in [4.69, 9.17) is 37.0 Å². The molecule has 89 heavy (non-hydrogen) atoms. The maximum Gasteiger partial charge on any atom is 0.472 e. The van der Waals surface area contributed by atoms with E-state index in [0.29, 0.717) is 25.7 Å². The fourth-order valence-electron chi connectivity index (χ4n) is 10.6. The van der Waals surface area contributed by atoms with Gasteiger partial charge in [-0.25, -0.2) is 9.13 Å². The van der Waals surface area contributed by atoms with Gasteiger partial charge in [0.05, 0.1) is 26.4 Å². The number of ether oxygens (including phenoxy) is 4. The summed E-state index contributed by atoms with van der Waals surface area (Å²) in [5.41, 5.74) is 0. The molecule has 0 aromatic rings. The first kappa shape index (κ1) is 87.1. The normalized spacial score (nSPS) is 14.4. The largest absolute Gasteiger partial charge is 0.472 e. The molecule has 0 radical (unpaired) electrons. The lowest BCUT2D eigenvalue weighted by atomic mass is 10.00. The number of rotatable bonds is 69. The molecule has 6 atom stereocenters. The first-order valence-electron chi connectivity index (χ1n) is 36.5. The van der Waals surface area contributed by atoms with Crippen molar-refractivity contribution in [2.75, 3.05) is 39.6 Å². The van der Waals surface area contributed by atoms with Crippen molar-refractivity contribution in [3.05, 3.63) is 0 Å². The summed E-state index contributed by atoms with van der Waals surface area (Å²) in [7, 11) is -9.89. The molecule has 0 aromatic carbocycles. The van der Waals surface area contributed by atoms with Crippen molar-refractivity contribution in [2.24, 2.45) is 11.8 Å². The average Bonchev–Trinajstić information content (AvgIpc) is 3.56. The second-order valence-corrected chi connectivity index (χ2v) is 28.9. The molecule has 0 saturated carbocycles. The zero-order chi connectivity index (χ0) is 65.7. The van der Waals surface area contributed by atoms with E-state index in [1.807, 2.05) is 0 Å². The van der Waals surface area contributed by atoms with Gasteiger partial charge in [-0.1, -0.05) is 305 Å². The number of carbonyl (C=O) groups excluding carboxylic acids is 4. The van der Waals surface area contributed by atoms with Crippen LogP contribution in [0.1, 0.15) is 356 Å². The Morgan fingerprint density at radius 3 is 0.854 bits per heavy atom. The zero-order valence-electron chi connectivity index (χ0n) is 57.7. The Bertz CT molecular complexity index is 1740. The van der Waals surface area contributed by atoms with Crippen molar-refractivity contribution in [1.29, 1.82) is 0 Å². The average molecular weight is 1310 g/mol. The van der Waals surface area contributed by atoms with Crippen LogP contribution in [0, 0.1) is 11.8 Å². The number of hydrogen-bond donors (Lipinski definition) is 3. The molecule has 0 aliphatic rings. The molecule has 0 bridgehead atoms. The minimum Gasteiger partial charge on any atom is -0.462 e. The number of phosphoric ester groups is 2. The topological polar surface area (TPSA) is 237 Å². The summed E-state index contributed by atoms with van der Waals surface area (Å²) in [6, 6.07) is 0. The van der Waals surface area contributed by atoms with Crippen molar-refractivity contribution in [3.63, 3.8) is 0 Å². The van der Waals surface area contributed by atoms with Crippen LogP contribution in [-0.4, -0.2) is 96.7 Å². The maximum absolute atomic E-state index is 13.0. The summed E-state index contributed by atoms with van der Waals surface area (Å²) in [6.07, 6.45) is 47.5. The maximum atomic E-state index is 13.0. The number of unbranched alkanes of at least 4 members (excludes halogenated alkanes) is 38. The highest BCUT2D eigenvalue weighted by molar-refractivity contribution is 7.47. The Balaban J connectivity index is 5.18. The number of aliphatic hydroxyl groups excluding tert-OH is 1. The van der Waals surface area contributed by atoms with E-state index < -0.39 is 97.5 Å². The first-order chi connectivity index (χ1) is 42.9. The molecule has 3 unspecified atom stereocenters. The highest BCUT2D eigenvalue weighted by Crippen LogP contribution is 2.45. The van der Waals surface area contributed by atoms with Gasteiger partial charge in [0.1, 0.15) is 19.3 Å². The Morgan fingerprint density at radius 1 is 0.326 bits per heavy atom. The van der Waals surface area contributed by atoms with E-state index in [9.17, 15) is 43.2 Å². The zero-order valence-corrected chi connectivity index (χ0v) is 59.5. The monoisotopic (exact) mass is 1310 g/mol. The summed E-state index contributed by atoms with van der Waals surface area (Å²) < 4.78 is 68.1. The molecular weight excluding hydrogens is 1170 g/mol. The molecule has 0 aliphatic heterocycles. The molecule has 19 heteroatoms. The van der Waals surface area contributed by atoms with Gasteiger partial charge in [-0.2, -0.15) is 0 Å². The summed E-state index contributed by atoms with van der Waals surface area (Å²) in [5, 5.41) is 10.6. The van der Waals surface area contributed by atoms with Gasteiger partial charge in [0.15, 0.2) is 12.2 Å². The number of aliphatic hydroxyl groups is 1. The van der Waals surface area contributed by atoms with Gasteiger partial charge in [-0.05, 0) is 37.5 Å². The van der Waals surface area contributed by atoms with E-state index >= 15 is 0 Å². The van der Waals surface area contributed by atoms with E-state index in [1.165, 1.54) is 161 Å². The van der Waals surface area contributed by atoms with Gasteiger partial charge < -0.3 is 33.8 Å². The second kappa shape index (κ2) is 62.2. The lowest BCUT2D eigenvalue weighted by molar-refractivity contribution is -0.161. The summed E-state index contributed by atoms with van der Waals surface area (Å²) in [4.78, 5) is 72.4. The molecule has 0 spiro atoms. The van der Waals surface area contributed by atoms with Crippen molar-refractivity contribution < 1.29 is 80.2 Å². The van der Waals surface area contributed by atoms with Crippen LogP contribution < -0.4 is 0 Å². The Hall–Kier alpha value is -1.94. The molecule has 0 saturated heterocycles. The van der Waals surface area contributed by atoms with E-state index in [1.54, 1.807) is 0 Å². The van der Waals surface area contributed by atoms with Crippen LogP contribution in [0.5, 0.6) is 0 Å². The Labute approximate surface area is 543 Å². The fraction of sp³-hybridized carbons (Fsp3) is 0.943. The Morgan fingerprint density at radius 2 is 0.573 bits per heavy atom. The highest BCUT2D eigenvalue weighted by atomic mass is 31.2. The van der Waals surface area contributed by atoms with Crippen molar-refractivity contribution in [2.45, 2.75) is 374 Å². The van der Waals surface area contributed by atoms with Crippen LogP contribution in [0.15, 0.2) is 0 Å². The number of hydrogen-bond acceptors (Lipinski definition) is 15. The minimum atomic E-state index is -4.95. The quantitative estimate of drug-likeness (QED) is 0.0222. The number of esters is 4. The standard InChI is InChI=1S/C70H136O17P2/c1-7-10-12-14-16-17-18-19-20-21-22-23-24-25-26-31-35-42-48-54-69(74)86-65(59-81-68(73)53-47-41-34-30-28-27-29-33-38-44-50-62(4)5)60-84-88(76,77)82-56-64(71)57-83-89(78,79)85-61-66(58-80-67(72)52-46-40-32-15-13-11-8-2)87-70(75)55-49-43-37-36-39-45-51-63(6)9-3/h62-66,71H,7-61H2,1-6H3,(H,76,77)(H,78,79)/t63?,64-,65-,66-/m1/s1. The molecular formula is C70H136O17P2. The molecule has 0 aliphatic carbocycles. The van der Waals surface area contributed by atoms with Crippen LogP contribution in [0.2, 0.25) is 0 Å². The third-order valence-corrected chi connectivity index (χ3v) is 18.5. The Kier molecular flexibility index (Phi) is 60.8. The molecule has 0 rings (SSSR count). The predicted molar refractivity (Wildman–Crippen MR) is 358 cm³/mol. The molecule has 0 aromatic heterocycles. The molecule has 0 amide bonds.